The molecule has 8 nitrogen and oxygen atoms in total. The lowest BCUT2D eigenvalue weighted by Gasteiger charge is -2.33. The molecular formula is C22H20Cl2N4O4. The minimum Gasteiger partial charge on any atom is -0.466 e. The lowest BCUT2D eigenvalue weighted by molar-refractivity contribution is -0.136. The van der Waals surface area contributed by atoms with Crippen molar-refractivity contribution < 1.29 is 18.8 Å². The number of benzene rings is 1. The number of aromatic amines is 1. The Morgan fingerprint density at radius 1 is 1.34 bits per heavy atom. The second kappa shape index (κ2) is 8.80. The van der Waals surface area contributed by atoms with E-state index in [-0.39, 0.29) is 23.9 Å². The maximum absolute atomic E-state index is 13.2. The third-order valence-corrected chi connectivity index (χ3v) is 6.28. The van der Waals surface area contributed by atoms with Crippen molar-refractivity contribution in [2.75, 3.05) is 13.7 Å². The third-order valence-electron chi connectivity index (χ3n) is 5.54. The van der Waals surface area contributed by atoms with E-state index in [9.17, 15) is 9.59 Å². The van der Waals surface area contributed by atoms with Crippen molar-refractivity contribution in [3.8, 4) is 11.4 Å². The molecule has 1 amide bonds. The number of aromatic nitrogens is 3. The zero-order chi connectivity index (χ0) is 23.0. The number of nitrogens with zero attached hydrogens (tertiary/aromatic N) is 3. The van der Waals surface area contributed by atoms with Crippen LogP contribution in [0.4, 0.5) is 0 Å². The minimum atomic E-state index is -0.504. The number of hydrogen-bond acceptors (Lipinski definition) is 6. The molecule has 4 rings (SSSR count). The molecule has 0 spiro atoms. The second-order valence-corrected chi connectivity index (χ2v) is 8.29. The fourth-order valence-corrected chi connectivity index (χ4v) is 4.19. The summed E-state index contributed by atoms with van der Waals surface area (Å²) in [6.45, 7) is 6.20. The van der Waals surface area contributed by atoms with Crippen LogP contribution in [0.2, 0.25) is 10.0 Å². The van der Waals surface area contributed by atoms with Gasteiger partial charge in [0.1, 0.15) is 12.0 Å². The second-order valence-electron chi connectivity index (χ2n) is 7.47. The van der Waals surface area contributed by atoms with Gasteiger partial charge in [-0.25, -0.2) is 4.79 Å². The standard InChI is InChI=1S/C22H20Cl2N4O4/c1-11(22(30)31-3)8-14-10-32-27-19(14)20-18-12(2)28(7-6-17(18)25-26-20)21(29)13-4-5-15(23)16(24)9-13/h4-5,9-10,12H,1,6-8H2,2-3H3,(H,25,26)/t12-/m1/s1. The highest BCUT2D eigenvalue weighted by Crippen LogP contribution is 2.37. The number of amides is 1. The summed E-state index contributed by atoms with van der Waals surface area (Å²) >= 11 is 12.1. The van der Waals surface area contributed by atoms with Gasteiger partial charge in [0.25, 0.3) is 5.91 Å². The van der Waals surface area contributed by atoms with Gasteiger partial charge in [0.05, 0.1) is 34.6 Å². The SMILES string of the molecule is C=C(Cc1conc1-c1[nH]nc2c1[C@@H](C)N(C(=O)c1ccc(Cl)c(Cl)c1)CC2)C(=O)OC. The van der Waals surface area contributed by atoms with Gasteiger partial charge >= 0.3 is 5.97 Å². The molecule has 1 atom stereocenters. The Kier molecular flexibility index (Phi) is 6.08. The van der Waals surface area contributed by atoms with Crippen molar-refractivity contribution in [1.29, 1.82) is 0 Å². The summed E-state index contributed by atoms with van der Waals surface area (Å²) in [4.78, 5) is 26.7. The fraction of sp³-hybridized carbons (Fsp3) is 0.273. The van der Waals surface area contributed by atoms with Gasteiger partial charge in [-0.1, -0.05) is 34.9 Å². The van der Waals surface area contributed by atoms with Gasteiger partial charge in [-0.15, -0.1) is 0 Å². The summed E-state index contributed by atoms with van der Waals surface area (Å²) in [7, 11) is 1.30. The van der Waals surface area contributed by atoms with E-state index in [1.54, 1.807) is 23.1 Å². The highest BCUT2D eigenvalue weighted by molar-refractivity contribution is 6.42. The van der Waals surface area contributed by atoms with Crippen LogP contribution in [-0.4, -0.2) is 45.8 Å². The summed E-state index contributed by atoms with van der Waals surface area (Å²) in [5.41, 5.74) is 4.24. The third kappa shape index (κ3) is 3.91. The maximum Gasteiger partial charge on any atom is 0.333 e. The largest absolute Gasteiger partial charge is 0.466 e. The van der Waals surface area contributed by atoms with Crippen LogP contribution in [0.15, 0.2) is 41.1 Å². The Morgan fingerprint density at radius 2 is 2.12 bits per heavy atom. The molecule has 3 aromatic rings. The average molecular weight is 475 g/mol. The minimum absolute atomic E-state index is 0.159. The van der Waals surface area contributed by atoms with E-state index in [0.29, 0.717) is 45.5 Å². The number of ether oxygens (including phenoxy) is 1. The molecule has 0 radical (unpaired) electrons. The van der Waals surface area contributed by atoms with Gasteiger partial charge in [-0.05, 0) is 25.1 Å². The molecule has 1 aliphatic heterocycles. The van der Waals surface area contributed by atoms with E-state index in [2.05, 4.69) is 21.9 Å². The topological polar surface area (TPSA) is 101 Å². The van der Waals surface area contributed by atoms with Crippen LogP contribution >= 0.6 is 23.2 Å². The zero-order valence-corrected chi connectivity index (χ0v) is 19.0. The number of methoxy groups -OCH3 is 1. The molecular weight excluding hydrogens is 455 g/mol. The van der Waals surface area contributed by atoms with Crippen molar-refractivity contribution in [2.45, 2.75) is 25.8 Å². The number of esters is 1. The normalized spacial score (nSPS) is 15.4. The number of rotatable bonds is 5. The molecule has 0 fully saturated rings. The number of nitrogens with one attached hydrogen (secondary N) is 1. The van der Waals surface area contributed by atoms with Gasteiger partial charge in [0, 0.05) is 41.6 Å². The van der Waals surface area contributed by atoms with Crippen molar-refractivity contribution in [3.63, 3.8) is 0 Å². The van der Waals surface area contributed by atoms with E-state index in [1.165, 1.54) is 13.4 Å². The number of fused-ring (bicyclic) bond motifs is 1. The molecule has 3 heterocycles. The molecule has 0 saturated carbocycles. The first-order chi connectivity index (χ1) is 15.3. The number of H-pyrrole nitrogens is 1. The van der Waals surface area contributed by atoms with Gasteiger partial charge in [-0.3, -0.25) is 9.89 Å². The number of carbonyl (C=O) groups is 2. The highest BCUT2D eigenvalue weighted by atomic mass is 35.5. The lowest BCUT2D eigenvalue weighted by Crippen LogP contribution is -2.38. The van der Waals surface area contributed by atoms with Crippen molar-refractivity contribution in [1.82, 2.24) is 20.3 Å². The van der Waals surface area contributed by atoms with E-state index in [0.717, 1.165) is 11.3 Å². The zero-order valence-electron chi connectivity index (χ0n) is 17.4. The molecule has 1 aromatic carbocycles. The molecule has 0 bridgehead atoms. The maximum atomic E-state index is 13.2. The summed E-state index contributed by atoms with van der Waals surface area (Å²) in [6.07, 6.45) is 2.24. The molecule has 0 aliphatic carbocycles. The first kappa shape index (κ1) is 22.1. The molecule has 0 unspecified atom stereocenters. The van der Waals surface area contributed by atoms with Gasteiger partial charge < -0.3 is 14.2 Å². The summed E-state index contributed by atoms with van der Waals surface area (Å²) in [5, 5.41) is 12.3. The molecule has 0 saturated heterocycles. The van der Waals surface area contributed by atoms with Crippen LogP contribution in [0.3, 0.4) is 0 Å². The van der Waals surface area contributed by atoms with Crippen LogP contribution in [0.5, 0.6) is 0 Å². The summed E-state index contributed by atoms with van der Waals surface area (Å²) < 4.78 is 9.90. The van der Waals surface area contributed by atoms with Crippen LogP contribution in [0.1, 0.15) is 40.1 Å². The first-order valence-electron chi connectivity index (χ1n) is 9.84. The Morgan fingerprint density at radius 3 is 2.84 bits per heavy atom. The quantitative estimate of drug-likeness (QED) is 0.434. The average Bonchev–Trinajstić information content (AvgIpc) is 3.41. The Hall–Kier alpha value is -3.10. The lowest BCUT2D eigenvalue weighted by atomic mass is 9.94. The van der Waals surface area contributed by atoms with Gasteiger partial charge in [-0.2, -0.15) is 5.10 Å². The van der Waals surface area contributed by atoms with Crippen molar-refractivity contribution in [3.05, 3.63) is 69.0 Å². The Bertz CT molecular complexity index is 1220. The first-order valence-corrected chi connectivity index (χ1v) is 10.6. The summed E-state index contributed by atoms with van der Waals surface area (Å²) in [5.74, 6) is -0.663. The fourth-order valence-electron chi connectivity index (χ4n) is 3.89. The molecule has 32 heavy (non-hydrogen) atoms. The Labute approximate surface area is 194 Å². The highest BCUT2D eigenvalue weighted by Gasteiger charge is 2.34. The molecule has 1 N–H and O–H groups in total. The predicted octanol–water partition coefficient (Wildman–Crippen LogP) is 4.40. The van der Waals surface area contributed by atoms with E-state index in [4.69, 9.17) is 32.5 Å². The number of carbonyl (C=O) groups excluding carboxylic acids is 2. The van der Waals surface area contributed by atoms with Crippen molar-refractivity contribution >= 4 is 35.1 Å². The summed E-state index contributed by atoms with van der Waals surface area (Å²) in [6, 6.07) is 4.54. The van der Waals surface area contributed by atoms with E-state index < -0.39 is 5.97 Å². The van der Waals surface area contributed by atoms with E-state index in [1.807, 2.05) is 6.92 Å². The van der Waals surface area contributed by atoms with Crippen LogP contribution in [0.25, 0.3) is 11.4 Å². The number of halogens is 2. The molecule has 1 aliphatic rings. The predicted molar refractivity (Wildman–Crippen MR) is 119 cm³/mol. The van der Waals surface area contributed by atoms with Crippen molar-refractivity contribution in [2.24, 2.45) is 0 Å². The van der Waals surface area contributed by atoms with Crippen LogP contribution in [0, 0.1) is 0 Å². The van der Waals surface area contributed by atoms with Crippen LogP contribution < -0.4 is 0 Å². The molecule has 2 aromatic heterocycles. The smallest absolute Gasteiger partial charge is 0.333 e. The molecule has 166 valence electrons. The Balaban J connectivity index is 1.65. The van der Waals surface area contributed by atoms with Gasteiger partial charge in [0.15, 0.2) is 0 Å². The van der Waals surface area contributed by atoms with Crippen LogP contribution in [-0.2, 0) is 22.4 Å². The monoisotopic (exact) mass is 474 g/mol. The molecule has 10 heteroatoms. The van der Waals surface area contributed by atoms with Gasteiger partial charge in [0.2, 0.25) is 0 Å². The number of hydrogen-bond donors (Lipinski definition) is 1. The van der Waals surface area contributed by atoms with E-state index >= 15 is 0 Å².